The number of rotatable bonds is 6. The Kier molecular flexibility index (Phi) is 4.46. The monoisotopic (exact) mass is 294 g/mol. The second-order valence-corrected chi connectivity index (χ2v) is 6.44. The lowest BCUT2D eigenvalue weighted by molar-refractivity contribution is 0.564. The van der Waals surface area contributed by atoms with Crippen LogP contribution in [-0.2, 0) is 16.6 Å². The first-order chi connectivity index (χ1) is 9.49. The summed E-state index contributed by atoms with van der Waals surface area (Å²) in [7, 11) is -3.52. The van der Waals surface area contributed by atoms with Crippen molar-refractivity contribution >= 4 is 15.7 Å². The van der Waals surface area contributed by atoms with Gasteiger partial charge >= 0.3 is 0 Å². The van der Waals surface area contributed by atoms with Gasteiger partial charge in [0.1, 0.15) is 4.90 Å². The minimum Gasteiger partial charge on any atom is -0.472 e. The molecule has 0 unspecified atom stereocenters. The van der Waals surface area contributed by atoms with Crippen molar-refractivity contribution in [1.82, 2.24) is 4.72 Å². The van der Waals surface area contributed by atoms with Gasteiger partial charge < -0.3 is 9.73 Å². The first-order valence-electron chi connectivity index (χ1n) is 6.35. The number of benzene rings is 1. The zero-order chi connectivity index (χ0) is 14.6. The van der Waals surface area contributed by atoms with Crippen LogP contribution >= 0.6 is 0 Å². The van der Waals surface area contributed by atoms with E-state index in [0.29, 0.717) is 12.2 Å². The Balaban J connectivity index is 2.22. The fourth-order valence-corrected chi connectivity index (χ4v) is 3.25. The molecular weight excluding hydrogens is 276 g/mol. The molecule has 0 atom stereocenters. The summed E-state index contributed by atoms with van der Waals surface area (Å²) < 4.78 is 32.1. The third kappa shape index (κ3) is 3.61. The Hall–Kier alpha value is -1.79. The van der Waals surface area contributed by atoms with Gasteiger partial charge in [0.25, 0.3) is 0 Å². The summed E-state index contributed by atoms with van der Waals surface area (Å²) >= 11 is 0. The molecule has 0 amide bonds. The Bertz CT molecular complexity index is 649. The lowest BCUT2D eigenvalue weighted by Crippen LogP contribution is -2.30. The van der Waals surface area contributed by atoms with E-state index >= 15 is 0 Å². The van der Waals surface area contributed by atoms with Gasteiger partial charge in [-0.15, -0.1) is 0 Å². The quantitative estimate of drug-likeness (QED) is 0.859. The molecular formula is C14H18N2O3S. The first kappa shape index (κ1) is 14.6. The highest BCUT2D eigenvalue weighted by Gasteiger charge is 2.18. The third-order valence-electron chi connectivity index (χ3n) is 2.63. The summed E-state index contributed by atoms with van der Waals surface area (Å²) in [6.07, 6.45) is 3.20. The van der Waals surface area contributed by atoms with E-state index in [1.54, 1.807) is 50.6 Å². The minimum absolute atomic E-state index is 0.151. The first-order valence-corrected chi connectivity index (χ1v) is 7.83. The molecule has 20 heavy (non-hydrogen) atoms. The average Bonchev–Trinajstić information content (AvgIpc) is 2.88. The molecule has 1 aromatic heterocycles. The van der Waals surface area contributed by atoms with E-state index in [0.717, 1.165) is 5.56 Å². The maximum absolute atomic E-state index is 12.3. The fourth-order valence-electron chi connectivity index (χ4n) is 1.81. The highest BCUT2D eigenvalue weighted by Crippen LogP contribution is 2.21. The molecule has 1 heterocycles. The van der Waals surface area contributed by atoms with Crippen LogP contribution in [0.4, 0.5) is 5.69 Å². The number of hydrogen-bond donors (Lipinski definition) is 2. The van der Waals surface area contributed by atoms with Crippen LogP contribution in [0.25, 0.3) is 0 Å². The number of anilines is 1. The molecule has 2 N–H and O–H groups in total. The molecule has 6 heteroatoms. The summed E-state index contributed by atoms with van der Waals surface area (Å²) in [4.78, 5) is 0.247. The number of para-hydroxylation sites is 1. The Morgan fingerprint density at radius 1 is 1.20 bits per heavy atom. The summed E-state index contributed by atoms with van der Waals surface area (Å²) in [6, 6.07) is 8.51. The van der Waals surface area contributed by atoms with Gasteiger partial charge in [0.05, 0.1) is 18.2 Å². The maximum atomic E-state index is 12.3. The van der Waals surface area contributed by atoms with Crippen molar-refractivity contribution in [3.05, 3.63) is 48.4 Å². The topological polar surface area (TPSA) is 71.3 Å². The molecule has 0 saturated heterocycles. The van der Waals surface area contributed by atoms with Crippen LogP contribution in [0.1, 0.15) is 19.4 Å². The predicted octanol–water partition coefficient (Wildman–Crippen LogP) is 2.58. The van der Waals surface area contributed by atoms with Crippen molar-refractivity contribution in [2.45, 2.75) is 31.3 Å². The highest BCUT2D eigenvalue weighted by atomic mass is 32.2. The molecule has 1 aromatic carbocycles. The van der Waals surface area contributed by atoms with Gasteiger partial charge in [0.15, 0.2) is 0 Å². The molecule has 2 rings (SSSR count). The molecule has 5 nitrogen and oxygen atoms in total. The van der Waals surface area contributed by atoms with Crippen LogP contribution in [0.3, 0.4) is 0 Å². The van der Waals surface area contributed by atoms with Crippen molar-refractivity contribution in [3.8, 4) is 0 Å². The number of sulfonamides is 1. The van der Waals surface area contributed by atoms with Crippen LogP contribution < -0.4 is 10.0 Å². The van der Waals surface area contributed by atoms with Crippen molar-refractivity contribution < 1.29 is 12.8 Å². The van der Waals surface area contributed by atoms with Crippen LogP contribution in [-0.4, -0.2) is 14.5 Å². The zero-order valence-electron chi connectivity index (χ0n) is 11.5. The second-order valence-electron chi connectivity index (χ2n) is 4.76. The second kappa shape index (κ2) is 6.11. The Morgan fingerprint density at radius 3 is 2.60 bits per heavy atom. The predicted molar refractivity (Wildman–Crippen MR) is 77.9 cm³/mol. The standard InChI is InChI=1S/C14H18N2O3S/c1-11(2)16-20(17,18)14-6-4-3-5-13(14)15-9-12-7-8-19-10-12/h3-8,10-11,15-16H,9H2,1-2H3. The highest BCUT2D eigenvalue weighted by molar-refractivity contribution is 7.89. The number of nitrogens with one attached hydrogen (secondary N) is 2. The largest absolute Gasteiger partial charge is 0.472 e. The fraction of sp³-hybridized carbons (Fsp3) is 0.286. The normalized spacial score (nSPS) is 11.8. The molecule has 0 saturated carbocycles. The van der Waals surface area contributed by atoms with Crippen LogP contribution in [0.5, 0.6) is 0 Å². The van der Waals surface area contributed by atoms with E-state index in [1.165, 1.54) is 0 Å². The number of furan rings is 1. The molecule has 0 aliphatic rings. The lowest BCUT2D eigenvalue weighted by atomic mass is 10.3. The van der Waals surface area contributed by atoms with Gasteiger partial charge in [-0.3, -0.25) is 0 Å². The molecule has 0 aliphatic heterocycles. The molecule has 108 valence electrons. The van der Waals surface area contributed by atoms with Crippen molar-refractivity contribution in [2.75, 3.05) is 5.32 Å². The van der Waals surface area contributed by atoms with Crippen LogP contribution in [0.2, 0.25) is 0 Å². The van der Waals surface area contributed by atoms with Crippen molar-refractivity contribution in [3.63, 3.8) is 0 Å². The number of hydrogen-bond acceptors (Lipinski definition) is 4. The summed E-state index contributed by atoms with van der Waals surface area (Å²) in [5, 5.41) is 3.12. The SMILES string of the molecule is CC(C)NS(=O)(=O)c1ccccc1NCc1ccoc1. The van der Waals surface area contributed by atoms with Gasteiger partial charge in [0.2, 0.25) is 10.0 Å². The minimum atomic E-state index is -3.52. The van der Waals surface area contributed by atoms with E-state index in [-0.39, 0.29) is 10.9 Å². The van der Waals surface area contributed by atoms with Gasteiger partial charge in [-0.25, -0.2) is 13.1 Å². The van der Waals surface area contributed by atoms with Gasteiger partial charge in [-0.2, -0.15) is 0 Å². The van der Waals surface area contributed by atoms with Crippen molar-refractivity contribution in [2.24, 2.45) is 0 Å². The maximum Gasteiger partial charge on any atom is 0.242 e. The van der Waals surface area contributed by atoms with E-state index in [4.69, 9.17) is 4.42 Å². The molecule has 0 radical (unpaired) electrons. The lowest BCUT2D eigenvalue weighted by Gasteiger charge is -2.14. The molecule has 0 spiro atoms. The zero-order valence-corrected chi connectivity index (χ0v) is 12.3. The van der Waals surface area contributed by atoms with Crippen molar-refractivity contribution in [1.29, 1.82) is 0 Å². The summed E-state index contributed by atoms with van der Waals surface area (Å²) in [5.41, 5.74) is 1.52. The van der Waals surface area contributed by atoms with Crippen LogP contribution in [0, 0.1) is 0 Å². The van der Waals surface area contributed by atoms with Gasteiger partial charge in [-0.1, -0.05) is 12.1 Å². The van der Waals surface area contributed by atoms with Gasteiger partial charge in [-0.05, 0) is 32.0 Å². The molecule has 0 bridgehead atoms. The third-order valence-corrected chi connectivity index (χ3v) is 4.35. The summed E-state index contributed by atoms with van der Waals surface area (Å²) in [5.74, 6) is 0. The molecule has 2 aromatic rings. The average molecular weight is 294 g/mol. The van der Waals surface area contributed by atoms with E-state index < -0.39 is 10.0 Å². The van der Waals surface area contributed by atoms with Gasteiger partial charge in [0, 0.05) is 18.2 Å². The van der Waals surface area contributed by atoms with E-state index in [9.17, 15) is 8.42 Å². The van der Waals surface area contributed by atoms with E-state index in [1.807, 2.05) is 6.07 Å². The summed E-state index contributed by atoms with van der Waals surface area (Å²) in [6.45, 7) is 4.09. The Morgan fingerprint density at radius 2 is 1.95 bits per heavy atom. The molecule has 0 fully saturated rings. The Labute approximate surface area is 119 Å². The smallest absolute Gasteiger partial charge is 0.242 e. The van der Waals surface area contributed by atoms with Crippen LogP contribution in [0.15, 0.2) is 52.2 Å². The van der Waals surface area contributed by atoms with E-state index in [2.05, 4.69) is 10.0 Å². The molecule has 0 aliphatic carbocycles.